The smallest absolute Gasteiger partial charge is 0.119 e. The van der Waals surface area contributed by atoms with Crippen LogP contribution >= 0.6 is 24.8 Å². The molecule has 1 N–H and O–H groups in total. The van der Waals surface area contributed by atoms with E-state index in [0.29, 0.717) is 12.6 Å². The molecular formula is C22H32Cl2N2O. The van der Waals surface area contributed by atoms with E-state index in [1.54, 1.807) is 0 Å². The second kappa shape index (κ2) is 13.0. The number of nitrogens with one attached hydrogen (secondary N) is 1. The molecule has 1 heterocycles. The SMILES string of the molecule is CCCC[C@@H](c1ccc(OCc2ccccc2)cc1)N1CCNCC1.Cl.Cl. The zero-order valence-corrected chi connectivity index (χ0v) is 17.7. The van der Waals surface area contributed by atoms with Gasteiger partial charge in [-0.2, -0.15) is 0 Å². The third kappa shape index (κ3) is 7.34. The van der Waals surface area contributed by atoms with Crippen LogP contribution in [-0.2, 0) is 6.61 Å². The van der Waals surface area contributed by atoms with Crippen LogP contribution in [0.1, 0.15) is 43.4 Å². The first kappa shape index (κ1) is 23.8. The van der Waals surface area contributed by atoms with Crippen molar-refractivity contribution in [2.75, 3.05) is 26.2 Å². The average Bonchev–Trinajstić information content (AvgIpc) is 2.69. The molecular weight excluding hydrogens is 379 g/mol. The summed E-state index contributed by atoms with van der Waals surface area (Å²) in [6.45, 7) is 7.37. The van der Waals surface area contributed by atoms with Gasteiger partial charge in [0.15, 0.2) is 0 Å². The number of hydrogen-bond donors (Lipinski definition) is 1. The standard InChI is InChI=1S/C22H30N2O.2ClH/c1-2-3-9-22(24-16-14-23-15-17-24)20-10-12-21(13-11-20)25-18-19-7-5-4-6-8-19;;/h4-8,10-13,22-23H,2-3,9,14-18H2,1H3;2*1H/t22-;;/m0../s1. The van der Waals surface area contributed by atoms with E-state index in [9.17, 15) is 0 Å². The minimum atomic E-state index is 0. The van der Waals surface area contributed by atoms with Crippen molar-refractivity contribution in [3.05, 3.63) is 65.7 Å². The monoisotopic (exact) mass is 410 g/mol. The Morgan fingerprint density at radius 1 is 0.963 bits per heavy atom. The number of nitrogens with zero attached hydrogens (tertiary/aromatic N) is 1. The fourth-order valence-electron chi connectivity index (χ4n) is 3.48. The molecule has 0 bridgehead atoms. The van der Waals surface area contributed by atoms with Crippen LogP contribution in [0.5, 0.6) is 5.75 Å². The van der Waals surface area contributed by atoms with E-state index in [0.717, 1.165) is 31.9 Å². The maximum Gasteiger partial charge on any atom is 0.119 e. The van der Waals surface area contributed by atoms with Crippen LogP contribution in [-0.4, -0.2) is 31.1 Å². The molecule has 0 spiro atoms. The summed E-state index contributed by atoms with van der Waals surface area (Å²) >= 11 is 0. The number of benzene rings is 2. The molecule has 1 saturated heterocycles. The molecule has 0 aromatic heterocycles. The Kier molecular flexibility index (Phi) is 11.5. The lowest BCUT2D eigenvalue weighted by Crippen LogP contribution is -2.45. The van der Waals surface area contributed by atoms with Crippen LogP contribution in [0.15, 0.2) is 54.6 Å². The molecule has 5 heteroatoms. The molecule has 3 nitrogen and oxygen atoms in total. The van der Waals surface area contributed by atoms with Crippen LogP contribution in [0, 0.1) is 0 Å². The molecule has 27 heavy (non-hydrogen) atoms. The molecule has 2 aromatic carbocycles. The number of rotatable bonds is 8. The van der Waals surface area contributed by atoms with Gasteiger partial charge in [0.25, 0.3) is 0 Å². The van der Waals surface area contributed by atoms with E-state index in [1.807, 2.05) is 18.2 Å². The van der Waals surface area contributed by atoms with Gasteiger partial charge in [-0.25, -0.2) is 0 Å². The summed E-state index contributed by atoms with van der Waals surface area (Å²) in [7, 11) is 0. The van der Waals surface area contributed by atoms with Crippen LogP contribution in [0.3, 0.4) is 0 Å². The van der Waals surface area contributed by atoms with Crippen molar-refractivity contribution in [1.82, 2.24) is 10.2 Å². The highest BCUT2D eigenvalue weighted by Crippen LogP contribution is 2.28. The Balaban J connectivity index is 0.00000182. The van der Waals surface area contributed by atoms with Gasteiger partial charge in [0.05, 0.1) is 0 Å². The Bertz CT molecular complexity index is 616. The average molecular weight is 411 g/mol. The lowest BCUT2D eigenvalue weighted by molar-refractivity contribution is 0.163. The van der Waals surface area contributed by atoms with Crippen LogP contribution in [0.4, 0.5) is 0 Å². The third-order valence-electron chi connectivity index (χ3n) is 4.94. The molecule has 2 aromatic rings. The maximum absolute atomic E-state index is 5.93. The summed E-state index contributed by atoms with van der Waals surface area (Å²) in [4.78, 5) is 2.63. The first-order valence-corrected chi connectivity index (χ1v) is 9.58. The molecule has 1 aliphatic rings. The highest BCUT2D eigenvalue weighted by molar-refractivity contribution is 5.85. The van der Waals surface area contributed by atoms with Crippen molar-refractivity contribution in [1.29, 1.82) is 0 Å². The molecule has 1 atom stereocenters. The van der Waals surface area contributed by atoms with Gasteiger partial charge in [0, 0.05) is 32.2 Å². The number of piperazine rings is 1. The van der Waals surface area contributed by atoms with Gasteiger partial charge in [-0.15, -0.1) is 24.8 Å². The summed E-state index contributed by atoms with van der Waals surface area (Å²) in [5, 5.41) is 3.46. The number of hydrogen-bond acceptors (Lipinski definition) is 3. The molecule has 1 aliphatic heterocycles. The zero-order valence-electron chi connectivity index (χ0n) is 16.1. The Morgan fingerprint density at radius 3 is 2.26 bits per heavy atom. The first-order chi connectivity index (χ1) is 12.4. The fraction of sp³-hybridized carbons (Fsp3) is 0.455. The van der Waals surface area contributed by atoms with Gasteiger partial charge in [0.2, 0.25) is 0 Å². The Labute approximate surface area is 176 Å². The number of unbranched alkanes of at least 4 members (excludes halogenated alkanes) is 1. The number of ether oxygens (including phenoxy) is 1. The van der Waals surface area contributed by atoms with Crippen molar-refractivity contribution in [2.24, 2.45) is 0 Å². The normalized spacial score (nSPS) is 15.3. The van der Waals surface area contributed by atoms with Crippen LogP contribution in [0.2, 0.25) is 0 Å². The van der Waals surface area contributed by atoms with E-state index in [4.69, 9.17) is 4.74 Å². The molecule has 0 aliphatic carbocycles. The van der Waals surface area contributed by atoms with E-state index in [2.05, 4.69) is 53.5 Å². The summed E-state index contributed by atoms with van der Waals surface area (Å²) in [6, 6.07) is 19.6. The van der Waals surface area contributed by atoms with Crippen molar-refractivity contribution >= 4 is 24.8 Å². The highest BCUT2D eigenvalue weighted by Gasteiger charge is 2.21. The topological polar surface area (TPSA) is 24.5 Å². The summed E-state index contributed by atoms with van der Waals surface area (Å²) in [6.07, 6.45) is 3.77. The predicted octanol–water partition coefficient (Wildman–Crippen LogP) is 5.25. The first-order valence-electron chi connectivity index (χ1n) is 9.58. The van der Waals surface area contributed by atoms with Gasteiger partial charge in [-0.3, -0.25) is 4.90 Å². The second-order valence-electron chi connectivity index (χ2n) is 6.79. The van der Waals surface area contributed by atoms with Crippen LogP contribution in [0.25, 0.3) is 0 Å². The van der Waals surface area contributed by atoms with E-state index >= 15 is 0 Å². The predicted molar refractivity (Wildman–Crippen MR) is 118 cm³/mol. The van der Waals surface area contributed by atoms with E-state index < -0.39 is 0 Å². The van der Waals surface area contributed by atoms with Gasteiger partial charge >= 0.3 is 0 Å². The molecule has 0 radical (unpaired) electrons. The van der Waals surface area contributed by atoms with E-state index in [1.165, 1.54) is 30.4 Å². The third-order valence-corrected chi connectivity index (χ3v) is 4.94. The number of halogens is 2. The molecule has 0 unspecified atom stereocenters. The van der Waals surface area contributed by atoms with Crippen molar-refractivity contribution in [3.8, 4) is 5.75 Å². The van der Waals surface area contributed by atoms with Gasteiger partial charge < -0.3 is 10.1 Å². The fourth-order valence-corrected chi connectivity index (χ4v) is 3.48. The minimum Gasteiger partial charge on any atom is -0.489 e. The van der Waals surface area contributed by atoms with Crippen molar-refractivity contribution in [3.63, 3.8) is 0 Å². The quantitative estimate of drug-likeness (QED) is 0.643. The maximum atomic E-state index is 5.93. The summed E-state index contributed by atoms with van der Waals surface area (Å²) < 4.78 is 5.93. The molecule has 0 amide bonds. The van der Waals surface area contributed by atoms with Crippen LogP contribution < -0.4 is 10.1 Å². The molecule has 1 fully saturated rings. The summed E-state index contributed by atoms with van der Waals surface area (Å²) in [5.41, 5.74) is 2.62. The second-order valence-corrected chi connectivity index (χ2v) is 6.79. The molecule has 3 rings (SSSR count). The van der Waals surface area contributed by atoms with Gasteiger partial charge in [-0.1, -0.05) is 62.2 Å². The lowest BCUT2D eigenvalue weighted by atomic mass is 9.98. The molecule has 0 saturated carbocycles. The zero-order chi connectivity index (χ0) is 17.3. The lowest BCUT2D eigenvalue weighted by Gasteiger charge is -2.35. The molecule has 150 valence electrons. The van der Waals surface area contributed by atoms with Gasteiger partial charge in [-0.05, 0) is 29.7 Å². The van der Waals surface area contributed by atoms with Crippen molar-refractivity contribution < 1.29 is 4.74 Å². The largest absolute Gasteiger partial charge is 0.489 e. The highest BCUT2D eigenvalue weighted by atomic mass is 35.5. The minimum absolute atomic E-state index is 0. The Hall–Kier alpha value is -1.26. The summed E-state index contributed by atoms with van der Waals surface area (Å²) in [5.74, 6) is 0.946. The Morgan fingerprint density at radius 2 is 1.63 bits per heavy atom. The van der Waals surface area contributed by atoms with Crippen molar-refractivity contribution in [2.45, 2.75) is 38.8 Å². The van der Waals surface area contributed by atoms with E-state index in [-0.39, 0.29) is 24.8 Å². The van der Waals surface area contributed by atoms with Gasteiger partial charge in [0.1, 0.15) is 12.4 Å².